The molecule has 2 rings (SSSR count). The minimum absolute atomic E-state index is 0.136. The Hall–Kier alpha value is -1.59. The van der Waals surface area contributed by atoms with E-state index in [0.29, 0.717) is 17.9 Å². The minimum atomic E-state index is -0.323. The summed E-state index contributed by atoms with van der Waals surface area (Å²) in [7, 11) is 1.76. The van der Waals surface area contributed by atoms with E-state index in [1.165, 1.54) is 25.7 Å². The first-order chi connectivity index (χ1) is 10.0. The van der Waals surface area contributed by atoms with Gasteiger partial charge in [0, 0.05) is 13.6 Å². The van der Waals surface area contributed by atoms with Crippen LogP contribution in [0.3, 0.4) is 0 Å². The van der Waals surface area contributed by atoms with Crippen molar-refractivity contribution in [1.29, 1.82) is 0 Å². The van der Waals surface area contributed by atoms with Gasteiger partial charge in [-0.25, -0.2) is 4.68 Å². The van der Waals surface area contributed by atoms with Gasteiger partial charge in [-0.05, 0) is 24.7 Å². The van der Waals surface area contributed by atoms with Crippen molar-refractivity contribution in [2.24, 2.45) is 18.9 Å². The summed E-state index contributed by atoms with van der Waals surface area (Å²) in [5.74, 6) is 2.16. The third-order valence-electron chi connectivity index (χ3n) is 4.59. The lowest BCUT2D eigenvalue weighted by Crippen LogP contribution is -2.16. The van der Waals surface area contributed by atoms with Crippen molar-refractivity contribution in [3.63, 3.8) is 0 Å². The molecule has 0 aliphatic heterocycles. The Morgan fingerprint density at radius 3 is 2.62 bits per heavy atom. The molecule has 0 saturated heterocycles. The van der Waals surface area contributed by atoms with Crippen molar-refractivity contribution in [3.05, 3.63) is 15.8 Å². The number of nitro groups is 1. The second kappa shape index (κ2) is 6.91. The summed E-state index contributed by atoms with van der Waals surface area (Å²) >= 11 is 0. The fraction of sp³-hybridized carbons (Fsp3) is 0.800. The second-order valence-electron chi connectivity index (χ2n) is 6.22. The molecule has 0 atom stereocenters. The van der Waals surface area contributed by atoms with Gasteiger partial charge in [-0.15, -0.1) is 0 Å². The Balaban J connectivity index is 1.94. The highest BCUT2D eigenvalue weighted by Crippen LogP contribution is 2.31. The molecule has 1 aromatic rings. The highest BCUT2D eigenvalue weighted by molar-refractivity contribution is 5.59. The lowest BCUT2D eigenvalue weighted by Gasteiger charge is -2.26. The van der Waals surface area contributed by atoms with E-state index in [9.17, 15) is 10.1 Å². The van der Waals surface area contributed by atoms with E-state index in [2.05, 4.69) is 17.3 Å². The van der Waals surface area contributed by atoms with Gasteiger partial charge in [0.2, 0.25) is 5.82 Å². The molecule has 1 aliphatic carbocycles. The van der Waals surface area contributed by atoms with Crippen LogP contribution in [0.5, 0.6) is 0 Å². The monoisotopic (exact) mass is 294 g/mol. The molecule has 1 N–H and O–H groups in total. The Morgan fingerprint density at radius 2 is 2.05 bits per heavy atom. The van der Waals surface area contributed by atoms with Crippen LogP contribution in [0.15, 0.2) is 0 Å². The van der Waals surface area contributed by atoms with Crippen LogP contribution >= 0.6 is 0 Å². The van der Waals surface area contributed by atoms with Crippen LogP contribution in [-0.4, -0.2) is 21.2 Å². The van der Waals surface area contributed by atoms with Gasteiger partial charge in [0.1, 0.15) is 5.69 Å². The number of nitrogens with one attached hydrogen (secondary N) is 1. The fourth-order valence-corrected chi connectivity index (χ4v) is 3.21. The highest BCUT2D eigenvalue weighted by atomic mass is 16.6. The molecule has 1 fully saturated rings. The van der Waals surface area contributed by atoms with E-state index in [1.807, 2.05) is 6.92 Å². The van der Waals surface area contributed by atoms with Gasteiger partial charge >= 0.3 is 5.69 Å². The van der Waals surface area contributed by atoms with Crippen molar-refractivity contribution >= 4 is 11.5 Å². The van der Waals surface area contributed by atoms with Crippen LogP contribution in [0.4, 0.5) is 11.5 Å². The van der Waals surface area contributed by atoms with Crippen molar-refractivity contribution in [3.8, 4) is 0 Å². The molecule has 0 unspecified atom stereocenters. The van der Waals surface area contributed by atoms with E-state index < -0.39 is 0 Å². The summed E-state index contributed by atoms with van der Waals surface area (Å²) in [6.45, 7) is 4.99. The van der Waals surface area contributed by atoms with Crippen LogP contribution in [0, 0.1) is 22.0 Å². The lowest BCUT2D eigenvalue weighted by molar-refractivity contribution is -0.384. The van der Waals surface area contributed by atoms with Gasteiger partial charge in [-0.2, -0.15) is 5.10 Å². The average Bonchev–Trinajstić information content (AvgIpc) is 2.77. The average molecular weight is 294 g/mol. The molecule has 0 bridgehead atoms. The first kappa shape index (κ1) is 15.8. The molecule has 0 spiro atoms. The van der Waals surface area contributed by atoms with E-state index in [4.69, 9.17) is 0 Å². The Bertz CT molecular complexity index is 490. The molecule has 1 saturated carbocycles. The third-order valence-corrected chi connectivity index (χ3v) is 4.59. The smallest absolute Gasteiger partial charge is 0.333 e. The van der Waals surface area contributed by atoms with Crippen LogP contribution < -0.4 is 5.32 Å². The number of rotatable bonds is 6. The van der Waals surface area contributed by atoms with E-state index >= 15 is 0 Å². The quantitative estimate of drug-likeness (QED) is 0.643. The largest absolute Gasteiger partial charge is 0.365 e. The van der Waals surface area contributed by atoms with Crippen molar-refractivity contribution < 1.29 is 4.92 Å². The van der Waals surface area contributed by atoms with Gasteiger partial charge in [0.25, 0.3) is 0 Å². The maximum Gasteiger partial charge on any atom is 0.333 e. The fourth-order valence-electron chi connectivity index (χ4n) is 3.21. The SMILES string of the molecule is CCc1nn(C)c(NCCC2CCC(C)CC2)c1[N+](=O)[O-]. The maximum absolute atomic E-state index is 11.2. The molecule has 0 amide bonds. The zero-order valence-electron chi connectivity index (χ0n) is 13.3. The predicted octanol–water partition coefficient (Wildman–Crippen LogP) is 3.52. The molecule has 6 heteroatoms. The summed E-state index contributed by atoms with van der Waals surface area (Å²) in [5.41, 5.74) is 0.689. The molecule has 1 aliphatic rings. The third kappa shape index (κ3) is 3.74. The van der Waals surface area contributed by atoms with E-state index in [0.717, 1.165) is 24.8 Å². The van der Waals surface area contributed by atoms with Crippen LogP contribution in [0.1, 0.15) is 51.6 Å². The molecule has 6 nitrogen and oxygen atoms in total. The first-order valence-corrected chi connectivity index (χ1v) is 7.97. The van der Waals surface area contributed by atoms with Gasteiger partial charge in [0.15, 0.2) is 0 Å². The van der Waals surface area contributed by atoms with E-state index in [1.54, 1.807) is 11.7 Å². The van der Waals surface area contributed by atoms with Crippen molar-refractivity contribution in [1.82, 2.24) is 9.78 Å². The Kier molecular flexibility index (Phi) is 5.20. The summed E-state index contributed by atoms with van der Waals surface area (Å²) < 4.78 is 1.60. The molecular formula is C15H26N4O2. The number of aromatic nitrogens is 2. The predicted molar refractivity (Wildman–Crippen MR) is 83.5 cm³/mol. The number of anilines is 1. The maximum atomic E-state index is 11.2. The number of hydrogen-bond donors (Lipinski definition) is 1. The lowest BCUT2D eigenvalue weighted by atomic mass is 9.81. The molecule has 1 aromatic heterocycles. The molecule has 0 radical (unpaired) electrons. The summed E-state index contributed by atoms with van der Waals surface area (Å²) in [6, 6.07) is 0. The number of nitrogens with zero attached hydrogens (tertiary/aromatic N) is 3. The number of hydrogen-bond acceptors (Lipinski definition) is 4. The normalized spacial score (nSPS) is 22.2. The van der Waals surface area contributed by atoms with Crippen LogP contribution in [0.25, 0.3) is 0 Å². The molecule has 118 valence electrons. The molecule has 1 heterocycles. The van der Waals surface area contributed by atoms with Gasteiger partial charge in [-0.1, -0.05) is 39.5 Å². The molecule has 21 heavy (non-hydrogen) atoms. The first-order valence-electron chi connectivity index (χ1n) is 7.97. The summed E-state index contributed by atoms with van der Waals surface area (Å²) in [4.78, 5) is 10.9. The minimum Gasteiger partial charge on any atom is -0.365 e. The zero-order valence-corrected chi connectivity index (χ0v) is 13.3. The molecular weight excluding hydrogens is 268 g/mol. The van der Waals surface area contributed by atoms with Gasteiger partial charge in [0.05, 0.1) is 4.92 Å². The van der Waals surface area contributed by atoms with Gasteiger partial charge in [-0.3, -0.25) is 10.1 Å². The molecule has 0 aromatic carbocycles. The summed E-state index contributed by atoms with van der Waals surface area (Å²) in [6.07, 6.45) is 6.86. The van der Waals surface area contributed by atoms with Crippen LogP contribution in [0.2, 0.25) is 0 Å². The topological polar surface area (TPSA) is 73.0 Å². The Labute approximate surface area is 126 Å². The van der Waals surface area contributed by atoms with E-state index in [-0.39, 0.29) is 10.6 Å². The van der Waals surface area contributed by atoms with Crippen molar-refractivity contribution in [2.75, 3.05) is 11.9 Å². The zero-order chi connectivity index (χ0) is 15.4. The second-order valence-corrected chi connectivity index (χ2v) is 6.22. The standard InChI is InChI=1S/C15H26N4O2/c1-4-13-14(19(20)21)15(18(3)17-13)16-10-9-12-7-5-11(2)6-8-12/h11-12,16H,4-10H2,1-3H3. The summed E-state index contributed by atoms with van der Waals surface area (Å²) in [5, 5.41) is 18.7. The van der Waals surface area contributed by atoms with Gasteiger partial charge < -0.3 is 5.32 Å². The van der Waals surface area contributed by atoms with Crippen molar-refractivity contribution in [2.45, 2.75) is 52.4 Å². The highest BCUT2D eigenvalue weighted by Gasteiger charge is 2.25. The Morgan fingerprint density at radius 1 is 1.38 bits per heavy atom. The van der Waals surface area contributed by atoms with Crippen LogP contribution in [-0.2, 0) is 13.5 Å². The number of aryl methyl sites for hydroxylation is 2.